The molecule has 1 unspecified atom stereocenters. The van der Waals surface area contributed by atoms with E-state index in [2.05, 4.69) is 17.4 Å². The normalized spacial score (nSPS) is 15.9. The first kappa shape index (κ1) is 15.0. The Morgan fingerprint density at radius 2 is 2.30 bits per heavy atom. The van der Waals surface area contributed by atoms with Gasteiger partial charge >= 0.3 is 0 Å². The topological polar surface area (TPSA) is 33.3 Å². The Morgan fingerprint density at radius 3 is 3.00 bits per heavy atom. The van der Waals surface area contributed by atoms with Gasteiger partial charge in [-0.1, -0.05) is 12.1 Å². The van der Waals surface area contributed by atoms with Gasteiger partial charge in [0, 0.05) is 12.6 Å². The van der Waals surface area contributed by atoms with Crippen molar-refractivity contribution < 1.29 is 9.13 Å². The zero-order valence-electron chi connectivity index (χ0n) is 12.0. The lowest BCUT2D eigenvalue weighted by Crippen LogP contribution is -2.34. The van der Waals surface area contributed by atoms with Crippen molar-refractivity contribution >= 4 is 0 Å². The fourth-order valence-corrected chi connectivity index (χ4v) is 1.87. The molecule has 0 heterocycles. The van der Waals surface area contributed by atoms with E-state index in [1.54, 1.807) is 12.1 Å². The Balaban J connectivity index is 1.88. The molecule has 3 nitrogen and oxygen atoms in total. The van der Waals surface area contributed by atoms with Crippen molar-refractivity contribution in [3.63, 3.8) is 0 Å². The molecule has 0 spiro atoms. The molecule has 0 radical (unpaired) electrons. The number of benzene rings is 1. The average Bonchev–Trinajstić information content (AvgIpc) is 3.26. The van der Waals surface area contributed by atoms with E-state index in [9.17, 15) is 4.39 Å². The number of hydrazine groups is 1. The lowest BCUT2D eigenvalue weighted by atomic mass is 10.1. The fourth-order valence-electron chi connectivity index (χ4n) is 1.87. The van der Waals surface area contributed by atoms with Gasteiger partial charge in [0.05, 0.1) is 6.61 Å². The molecule has 0 saturated heterocycles. The van der Waals surface area contributed by atoms with Gasteiger partial charge in [-0.25, -0.2) is 4.39 Å². The van der Waals surface area contributed by atoms with Crippen molar-refractivity contribution in [2.45, 2.75) is 32.2 Å². The largest absolute Gasteiger partial charge is 0.490 e. The lowest BCUT2D eigenvalue weighted by Gasteiger charge is -2.16. The highest BCUT2D eigenvalue weighted by Crippen LogP contribution is 2.30. The molecule has 2 N–H and O–H groups in total. The van der Waals surface area contributed by atoms with Crippen LogP contribution in [0.4, 0.5) is 4.39 Å². The van der Waals surface area contributed by atoms with E-state index in [4.69, 9.17) is 4.74 Å². The Bertz CT molecular complexity index is 446. The van der Waals surface area contributed by atoms with Crippen molar-refractivity contribution in [1.82, 2.24) is 10.9 Å². The van der Waals surface area contributed by atoms with Crippen molar-refractivity contribution in [3.8, 4) is 5.75 Å². The molecule has 1 aromatic carbocycles. The maximum Gasteiger partial charge on any atom is 0.165 e. The molecule has 1 fully saturated rings. The van der Waals surface area contributed by atoms with E-state index in [-0.39, 0.29) is 11.9 Å². The maximum atomic E-state index is 13.7. The molecule has 1 saturated carbocycles. The second-order valence-corrected chi connectivity index (χ2v) is 5.31. The summed E-state index contributed by atoms with van der Waals surface area (Å²) in [6.07, 6.45) is 5.17. The van der Waals surface area contributed by atoms with Crippen molar-refractivity contribution in [1.29, 1.82) is 0 Å². The van der Waals surface area contributed by atoms with Gasteiger partial charge in [0.1, 0.15) is 0 Å². The molecule has 0 aliphatic heterocycles. The van der Waals surface area contributed by atoms with Crippen LogP contribution in [0.15, 0.2) is 30.9 Å². The van der Waals surface area contributed by atoms with E-state index < -0.39 is 0 Å². The highest BCUT2D eigenvalue weighted by atomic mass is 19.1. The summed E-state index contributed by atoms with van der Waals surface area (Å²) in [4.78, 5) is 0. The minimum atomic E-state index is -0.291. The molecule has 2 rings (SSSR count). The quantitative estimate of drug-likeness (QED) is 0.413. The molecule has 1 aliphatic carbocycles. The molecule has 0 bridgehead atoms. The van der Waals surface area contributed by atoms with Crippen LogP contribution in [0.2, 0.25) is 0 Å². The second kappa shape index (κ2) is 7.41. The van der Waals surface area contributed by atoms with E-state index >= 15 is 0 Å². The fraction of sp³-hybridized carbons (Fsp3) is 0.500. The first-order chi connectivity index (χ1) is 9.70. The minimum Gasteiger partial charge on any atom is -0.490 e. The van der Waals surface area contributed by atoms with Crippen molar-refractivity contribution in [3.05, 3.63) is 42.2 Å². The van der Waals surface area contributed by atoms with Crippen LogP contribution in [0.1, 0.15) is 37.8 Å². The summed E-state index contributed by atoms with van der Waals surface area (Å²) in [6, 6.07) is 5.12. The van der Waals surface area contributed by atoms with Gasteiger partial charge in [-0.05, 0) is 49.8 Å². The van der Waals surface area contributed by atoms with Crippen molar-refractivity contribution in [2.75, 3.05) is 13.2 Å². The van der Waals surface area contributed by atoms with Gasteiger partial charge in [-0.15, -0.1) is 6.58 Å². The first-order valence-electron chi connectivity index (χ1n) is 7.22. The predicted molar refractivity (Wildman–Crippen MR) is 79.0 cm³/mol. The highest BCUT2D eigenvalue weighted by molar-refractivity contribution is 5.32. The summed E-state index contributed by atoms with van der Waals surface area (Å²) >= 11 is 0. The highest BCUT2D eigenvalue weighted by Gasteiger charge is 2.22. The van der Waals surface area contributed by atoms with E-state index in [0.29, 0.717) is 18.3 Å². The van der Waals surface area contributed by atoms with Gasteiger partial charge in [-0.2, -0.15) is 0 Å². The van der Waals surface area contributed by atoms with Crippen LogP contribution >= 0.6 is 0 Å². The Morgan fingerprint density at radius 1 is 1.50 bits per heavy atom. The second-order valence-electron chi connectivity index (χ2n) is 5.31. The van der Waals surface area contributed by atoms with Crippen LogP contribution in [-0.2, 0) is 0 Å². The molecule has 20 heavy (non-hydrogen) atoms. The lowest BCUT2D eigenvalue weighted by molar-refractivity contribution is 0.284. The van der Waals surface area contributed by atoms with Crippen LogP contribution in [-0.4, -0.2) is 13.2 Å². The zero-order valence-corrected chi connectivity index (χ0v) is 12.0. The van der Waals surface area contributed by atoms with Crippen LogP contribution in [0.3, 0.4) is 0 Å². The summed E-state index contributed by atoms with van der Waals surface area (Å²) in [6.45, 7) is 7.14. The predicted octanol–water partition coefficient (Wildman–Crippen LogP) is 3.35. The molecule has 0 aromatic heterocycles. The molecule has 110 valence electrons. The van der Waals surface area contributed by atoms with Gasteiger partial charge in [-0.3, -0.25) is 10.9 Å². The summed E-state index contributed by atoms with van der Waals surface area (Å²) in [5.74, 6) is 0.685. The van der Waals surface area contributed by atoms with Gasteiger partial charge in [0.15, 0.2) is 11.6 Å². The molecule has 1 aliphatic rings. The summed E-state index contributed by atoms with van der Waals surface area (Å²) < 4.78 is 19.2. The Hall–Kier alpha value is -1.39. The Kier molecular flexibility index (Phi) is 5.56. The molecular formula is C16H23FN2O. The molecule has 1 aromatic rings. The number of rotatable bonds is 9. The van der Waals surface area contributed by atoms with Crippen LogP contribution in [0, 0.1) is 11.7 Å². The molecular weight excluding hydrogens is 255 g/mol. The van der Waals surface area contributed by atoms with Crippen molar-refractivity contribution in [2.24, 2.45) is 5.92 Å². The van der Waals surface area contributed by atoms with Gasteiger partial charge < -0.3 is 4.74 Å². The summed E-state index contributed by atoms with van der Waals surface area (Å²) in [7, 11) is 0. The van der Waals surface area contributed by atoms with Crippen LogP contribution in [0.5, 0.6) is 5.75 Å². The van der Waals surface area contributed by atoms with E-state index in [1.807, 2.05) is 13.0 Å². The average molecular weight is 278 g/mol. The number of nitrogens with one attached hydrogen (secondary N) is 2. The molecule has 1 atom stereocenters. The third kappa shape index (κ3) is 4.62. The maximum absolute atomic E-state index is 13.7. The Labute approximate surface area is 120 Å². The summed E-state index contributed by atoms with van der Waals surface area (Å²) in [5.41, 5.74) is 7.31. The van der Waals surface area contributed by atoms with E-state index in [0.717, 1.165) is 18.5 Å². The molecule has 4 heteroatoms. The third-order valence-corrected chi connectivity index (χ3v) is 3.42. The number of ether oxygens (including phenoxy) is 1. The van der Waals surface area contributed by atoms with E-state index in [1.165, 1.54) is 18.9 Å². The number of hydrogen-bond donors (Lipinski definition) is 2. The standard InChI is InChI=1S/C16H23FN2O/c1-3-4-9-18-19-12(2)14-7-8-15(17)16(10-14)20-11-13-5-6-13/h3,7-8,10,12-13,18-19H,1,4-6,9,11H2,2H3. The van der Waals surface area contributed by atoms with Crippen LogP contribution in [0.25, 0.3) is 0 Å². The monoisotopic (exact) mass is 278 g/mol. The first-order valence-corrected chi connectivity index (χ1v) is 7.22. The van der Waals surface area contributed by atoms with Gasteiger partial charge in [0.25, 0.3) is 0 Å². The number of halogens is 1. The number of hydrogen-bond acceptors (Lipinski definition) is 3. The molecule has 0 amide bonds. The SMILES string of the molecule is C=CCCNNC(C)c1ccc(F)c(OCC2CC2)c1. The zero-order chi connectivity index (χ0) is 14.4. The third-order valence-electron chi connectivity index (χ3n) is 3.42. The summed E-state index contributed by atoms with van der Waals surface area (Å²) in [5, 5.41) is 0. The van der Waals surface area contributed by atoms with Gasteiger partial charge in [0.2, 0.25) is 0 Å². The van der Waals surface area contributed by atoms with Crippen LogP contribution < -0.4 is 15.6 Å². The smallest absolute Gasteiger partial charge is 0.165 e. The minimum absolute atomic E-state index is 0.0868.